The Labute approximate surface area is 170 Å². The molecule has 0 unspecified atom stereocenters. The van der Waals surface area contributed by atoms with Crippen molar-refractivity contribution in [3.8, 4) is 0 Å². The zero-order chi connectivity index (χ0) is 3.58. The summed E-state index contributed by atoms with van der Waals surface area (Å²) in [5, 5.41) is 0. The van der Waals surface area contributed by atoms with Gasteiger partial charge in [-0.05, 0) is 0 Å². The van der Waals surface area contributed by atoms with E-state index >= 15 is 0 Å². The maximum atomic E-state index is 8.59. The maximum absolute atomic E-state index is 8.59. The quantitative estimate of drug-likeness (QED) is 0.368. The van der Waals surface area contributed by atoms with Crippen LogP contribution in [0.25, 0.3) is 0 Å². The van der Waals surface area contributed by atoms with E-state index in [1.54, 1.807) is 0 Å². The van der Waals surface area contributed by atoms with Crippen molar-refractivity contribution >= 4 is 162 Å². The van der Waals surface area contributed by atoms with Crippen molar-refractivity contribution in [2.45, 2.75) is 0 Å². The molecule has 0 amide bonds. The van der Waals surface area contributed by atoms with Gasteiger partial charge in [0.25, 0.3) is 0 Å². The summed E-state index contributed by atoms with van der Waals surface area (Å²) in [6.07, 6.45) is 0. The molecule has 1 N–H and O–H groups in total. The first-order valence-electron chi connectivity index (χ1n) is 0.565. The van der Waals surface area contributed by atoms with Gasteiger partial charge in [0.2, 0.25) is 0 Å². The van der Waals surface area contributed by atoms with Gasteiger partial charge in [-0.1, -0.05) is 0 Å². The van der Waals surface area contributed by atoms with Crippen LogP contribution in [0.2, 0.25) is 0 Å². The second-order valence-electron chi connectivity index (χ2n) is 0.238. The van der Waals surface area contributed by atoms with Crippen molar-refractivity contribution in [2.24, 2.45) is 0 Å². The van der Waals surface area contributed by atoms with E-state index in [4.69, 9.17) is 14.0 Å². The zero-order valence-electron chi connectivity index (χ0n) is 1.71. The molecule has 7 heteroatoms. The van der Waals surface area contributed by atoms with Gasteiger partial charge in [0.05, 0.1) is 0 Å². The van der Waals surface area contributed by atoms with E-state index in [9.17, 15) is 0 Å². The summed E-state index contributed by atoms with van der Waals surface area (Å²) in [6, 6.07) is 0. The first kappa shape index (κ1) is 22.6. The van der Waals surface area contributed by atoms with Crippen LogP contribution in [0, 0.1) is 0 Å². The van der Waals surface area contributed by atoms with Crippen molar-refractivity contribution in [3.63, 3.8) is 0 Å². The van der Waals surface area contributed by atoms with Crippen LogP contribution in [0.5, 0.6) is 0 Å². The van der Waals surface area contributed by atoms with E-state index in [-0.39, 0.29) is 154 Å². The molecular formula is H4K3O3P. The van der Waals surface area contributed by atoms with Crippen molar-refractivity contribution in [3.05, 3.63) is 0 Å². The van der Waals surface area contributed by atoms with Crippen LogP contribution in [-0.4, -0.2) is 159 Å². The van der Waals surface area contributed by atoms with Crippen LogP contribution in [0.1, 0.15) is 0 Å². The summed E-state index contributed by atoms with van der Waals surface area (Å²) >= 11 is 0. The van der Waals surface area contributed by atoms with Gasteiger partial charge in [-0.3, -0.25) is 4.89 Å². The first-order chi connectivity index (χ1) is 1.73. The molecule has 0 spiro atoms. The van der Waals surface area contributed by atoms with Crippen molar-refractivity contribution in [2.75, 3.05) is 0 Å². The van der Waals surface area contributed by atoms with Crippen LogP contribution in [-0.2, 0) is 9.13 Å². The predicted molar refractivity (Wildman–Crippen MR) is 32.0 cm³/mol. The number of hydrogen-bond acceptors (Lipinski definition) is 2. The zero-order valence-corrected chi connectivity index (χ0v) is 2.61. The molecule has 0 rings (SSSR count). The second kappa shape index (κ2) is 17.0. The first-order valence-corrected chi connectivity index (χ1v) is 1.70. The van der Waals surface area contributed by atoms with Crippen LogP contribution in [0.3, 0.4) is 0 Å². The third-order valence-electron chi connectivity index (χ3n) is 0. The van der Waals surface area contributed by atoms with Crippen molar-refractivity contribution in [1.82, 2.24) is 0 Å². The van der Waals surface area contributed by atoms with Gasteiger partial charge in [-0.2, -0.15) is 0 Å². The predicted octanol–water partition coefficient (Wildman–Crippen LogP) is -1.88. The molecule has 0 aromatic heterocycles. The van der Waals surface area contributed by atoms with Crippen LogP contribution in [0.4, 0.5) is 0 Å². The Morgan fingerprint density at radius 2 is 1.00 bits per heavy atom. The molecule has 0 radical (unpaired) electrons. The Morgan fingerprint density at radius 1 is 1.00 bits per heavy atom. The molecule has 0 fully saturated rings. The molecule has 0 saturated carbocycles. The average Bonchev–Trinajstić information content (AvgIpc) is 0.811. The van der Waals surface area contributed by atoms with Crippen molar-refractivity contribution < 1.29 is 14.0 Å². The fourth-order valence-electron chi connectivity index (χ4n) is 0. The van der Waals surface area contributed by atoms with Gasteiger partial charge in [0.1, 0.15) is 0 Å². The fourth-order valence-corrected chi connectivity index (χ4v) is 0. The minimum atomic E-state index is -3.12. The van der Waals surface area contributed by atoms with E-state index < -0.39 is 7.91 Å². The molecule has 0 aliphatic carbocycles. The van der Waals surface area contributed by atoms with E-state index in [2.05, 4.69) is 0 Å². The van der Waals surface area contributed by atoms with Crippen molar-refractivity contribution in [1.29, 1.82) is 0 Å². The molecule has 0 aromatic rings. The molecule has 0 saturated heterocycles. The van der Waals surface area contributed by atoms with E-state index in [0.717, 1.165) is 0 Å². The Balaban J connectivity index is -0.0000000150. The van der Waals surface area contributed by atoms with Crippen LogP contribution in [0.15, 0.2) is 0 Å². The van der Waals surface area contributed by atoms with Crippen LogP contribution < -0.4 is 0 Å². The number of rotatable bonds is 0. The van der Waals surface area contributed by atoms with E-state index in [1.165, 1.54) is 0 Å². The third kappa shape index (κ3) is 36.4. The minimum absolute atomic E-state index is 0. The van der Waals surface area contributed by atoms with Gasteiger partial charge in [-0.15, -0.1) is 0 Å². The topological polar surface area (TPSA) is 54.4 Å². The molecule has 3 nitrogen and oxygen atoms in total. The molecule has 7 heavy (non-hydrogen) atoms. The Morgan fingerprint density at radius 3 is 1.00 bits per heavy atom. The molecule has 0 aliphatic rings. The summed E-state index contributed by atoms with van der Waals surface area (Å²) in [7, 11) is -3.12. The Hall–Kier alpha value is 4.77. The average molecular weight is 200 g/mol. The van der Waals surface area contributed by atoms with Gasteiger partial charge >= 0.3 is 162 Å². The van der Waals surface area contributed by atoms with Crippen LogP contribution >= 0.6 is 7.91 Å². The Kier molecular flexibility index (Phi) is 55.0. The summed E-state index contributed by atoms with van der Waals surface area (Å²) in [5.74, 6) is 0. The van der Waals surface area contributed by atoms with Gasteiger partial charge in [0, 0.05) is 0 Å². The standard InChI is InChI=1S/3K.HO3P.3H/c;;;1-4(2)3;;;/h;;;(H,1,2,3);;;. The number of hydrogen-bond donors (Lipinski definition) is 1. The molecule has 0 bridgehead atoms. The monoisotopic (exact) mass is 200 g/mol. The summed E-state index contributed by atoms with van der Waals surface area (Å²) in [5.41, 5.74) is 0. The van der Waals surface area contributed by atoms with E-state index in [0.29, 0.717) is 0 Å². The molecular weight excluding hydrogens is 196 g/mol. The molecule has 0 aromatic carbocycles. The summed E-state index contributed by atoms with van der Waals surface area (Å²) in [4.78, 5) is 7.01. The van der Waals surface area contributed by atoms with E-state index in [1.807, 2.05) is 0 Å². The Bertz CT molecular complexity index is 58.6. The summed E-state index contributed by atoms with van der Waals surface area (Å²) in [6.45, 7) is 0. The molecule has 0 aliphatic heterocycles. The molecule has 30 valence electrons. The molecule has 0 heterocycles. The van der Waals surface area contributed by atoms with Gasteiger partial charge in [0.15, 0.2) is 0 Å². The normalized spacial score (nSPS) is 3.57. The second-order valence-corrected chi connectivity index (χ2v) is 0.714. The SMILES string of the molecule is O=P(=O)O.[KH].[KH].[KH]. The fraction of sp³-hybridized carbons (Fsp3) is 0. The van der Waals surface area contributed by atoms with Gasteiger partial charge in [-0.25, -0.2) is 9.13 Å². The third-order valence-corrected chi connectivity index (χ3v) is 0. The summed E-state index contributed by atoms with van der Waals surface area (Å²) < 4.78 is 17.2. The van der Waals surface area contributed by atoms with Gasteiger partial charge < -0.3 is 0 Å². The molecule has 0 atom stereocenters.